The second-order valence-electron chi connectivity index (χ2n) is 7.17. The maximum absolute atomic E-state index is 12.7. The molecule has 2 aromatic heterocycles. The molecule has 0 fully saturated rings. The smallest absolute Gasteiger partial charge is 0.309 e. The van der Waals surface area contributed by atoms with Crippen LogP contribution >= 0.6 is 0 Å². The molecule has 0 saturated heterocycles. The lowest BCUT2D eigenvalue weighted by Gasteiger charge is -2.27. The van der Waals surface area contributed by atoms with Crippen molar-refractivity contribution in [3.63, 3.8) is 0 Å². The van der Waals surface area contributed by atoms with E-state index in [2.05, 4.69) is 27.6 Å². The van der Waals surface area contributed by atoms with Crippen LogP contribution in [-0.4, -0.2) is 25.5 Å². The fourth-order valence-corrected chi connectivity index (χ4v) is 3.74. The molecule has 152 valence electrons. The summed E-state index contributed by atoms with van der Waals surface area (Å²) in [5, 5.41) is 10.7. The third-order valence-corrected chi connectivity index (χ3v) is 5.11. The van der Waals surface area contributed by atoms with Crippen LogP contribution in [0.25, 0.3) is 0 Å². The SMILES string of the molecule is Cc1cnn(C2CCCc3ccccc32)c1NC(=O)Cn1ccc(C(F)(F)F)n1. The standard InChI is InChI=1S/C20H20F3N5O/c1-13-11-24-28(16-8-4-6-14-5-2-3-7-15(14)16)19(13)25-18(29)12-27-10-9-17(26-27)20(21,22)23/h2-3,5,7,9-11,16H,4,6,8,12H2,1H3,(H,25,29). The predicted octanol–water partition coefficient (Wildman–Crippen LogP) is 3.97. The van der Waals surface area contributed by atoms with Gasteiger partial charge in [-0.15, -0.1) is 0 Å². The maximum Gasteiger partial charge on any atom is 0.435 e. The number of anilines is 1. The summed E-state index contributed by atoms with van der Waals surface area (Å²) in [4.78, 5) is 12.5. The number of hydrogen-bond acceptors (Lipinski definition) is 3. The summed E-state index contributed by atoms with van der Waals surface area (Å²) in [7, 11) is 0. The Kier molecular flexibility index (Phi) is 4.89. The van der Waals surface area contributed by atoms with Crippen molar-refractivity contribution in [2.75, 3.05) is 5.32 Å². The number of carbonyl (C=O) groups is 1. The van der Waals surface area contributed by atoms with Crippen LogP contribution in [0.4, 0.5) is 19.0 Å². The average molecular weight is 403 g/mol. The number of benzene rings is 1. The lowest BCUT2D eigenvalue weighted by molar-refractivity contribution is -0.141. The number of halogens is 3. The second-order valence-corrected chi connectivity index (χ2v) is 7.17. The Morgan fingerprint density at radius 1 is 1.28 bits per heavy atom. The fourth-order valence-electron chi connectivity index (χ4n) is 3.74. The number of alkyl halides is 3. The summed E-state index contributed by atoms with van der Waals surface area (Å²) in [6.45, 7) is 1.52. The summed E-state index contributed by atoms with van der Waals surface area (Å²) in [6, 6.07) is 9.03. The normalized spacial score (nSPS) is 16.5. The highest BCUT2D eigenvalue weighted by molar-refractivity contribution is 5.90. The van der Waals surface area contributed by atoms with Gasteiger partial charge in [0.15, 0.2) is 5.69 Å². The number of rotatable bonds is 4. The minimum atomic E-state index is -4.54. The fraction of sp³-hybridized carbons (Fsp3) is 0.350. The summed E-state index contributed by atoms with van der Waals surface area (Å²) >= 11 is 0. The third-order valence-electron chi connectivity index (χ3n) is 5.11. The Bertz CT molecular complexity index is 1040. The van der Waals surface area contributed by atoms with E-state index in [1.165, 1.54) is 11.1 Å². The third kappa shape index (κ3) is 3.90. The van der Waals surface area contributed by atoms with Crippen molar-refractivity contribution < 1.29 is 18.0 Å². The molecule has 1 atom stereocenters. The van der Waals surface area contributed by atoms with Gasteiger partial charge in [0, 0.05) is 11.8 Å². The number of nitrogens with one attached hydrogen (secondary N) is 1. The molecule has 29 heavy (non-hydrogen) atoms. The first-order valence-electron chi connectivity index (χ1n) is 9.35. The summed E-state index contributed by atoms with van der Waals surface area (Å²) < 4.78 is 40.8. The summed E-state index contributed by atoms with van der Waals surface area (Å²) in [5.41, 5.74) is 2.22. The van der Waals surface area contributed by atoms with Crippen LogP contribution in [0.1, 0.15) is 41.3 Å². The quantitative estimate of drug-likeness (QED) is 0.717. The minimum absolute atomic E-state index is 0.00508. The highest BCUT2D eigenvalue weighted by atomic mass is 19.4. The van der Waals surface area contributed by atoms with Gasteiger partial charge in [0.1, 0.15) is 12.4 Å². The molecule has 1 unspecified atom stereocenters. The van der Waals surface area contributed by atoms with Gasteiger partial charge in [-0.1, -0.05) is 24.3 Å². The van der Waals surface area contributed by atoms with Crippen molar-refractivity contribution in [2.24, 2.45) is 0 Å². The van der Waals surface area contributed by atoms with Crippen molar-refractivity contribution >= 4 is 11.7 Å². The zero-order valence-electron chi connectivity index (χ0n) is 15.8. The zero-order chi connectivity index (χ0) is 20.6. The average Bonchev–Trinajstić information content (AvgIpc) is 3.29. The van der Waals surface area contributed by atoms with Crippen molar-refractivity contribution in [1.29, 1.82) is 0 Å². The van der Waals surface area contributed by atoms with Crippen molar-refractivity contribution in [1.82, 2.24) is 19.6 Å². The predicted molar refractivity (Wildman–Crippen MR) is 100 cm³/mol. The Morgan fingerprint density at radius 3 is 2.83 bits per heavy atom. The molecule has 0 spiro atoms. The zero-order valence-corrected chi connectivity index (χ0v) is 15.8. The van der Waals surface area contributed by atoms with Gasteiger partial charge in [-0.3, -0.25) is 9.48 Å². The molecule has 1 aromatic carbocycles. The molecule has 9 heteroatoms. The first-order valence-corrected chi connectivity index (χ1v) is 9.35. The molecule has 3 aromatic rings. The van der Waals surface area contributed by atoms with Gasteiger partial charge in [-0.05, 0) is 43.4 Å². The lowest BCUT2D eigenvalue weighted by atomic mass is 9.88. The Morgan fingerprint density at radius 2 is 2.07 bits per heavy atom. The second kappa shape index (κ2) is 7.38. The molecule has 1 N–H and O–H groups in total. The molecular weight excluding hydrogens is 383 g/mol. The molecule has 1 aliphatic carbocycles. The van der Waals surface area contributed by atoms with Crippen LogP contribution in [0.2, 0.25) is 0 Å². The number of aryl methyl sites for hydroxylation is 2. The Hall–Kier alpha value is -3.10. The maximum atomic E-state index is 12.7. The molecule has 1 amide bonds. The molecule has 6 nitrogen and oxygen atoms in total. The van der Waals surface area contributed by atoms with E-state index in [9.17, 15) is 18.0 Å². The van der Waals surface area contributed by atoms with E-state index in [1.807, 2.05) is 19.1 Å². The molecule has 2 heterocycles. The van der Waals surface area contributed by atoms with Gasteiger partial charge in [-0.2, -0.15) is 23.4 Å². The Labute approximate surface area is 165 Å². The van der Waals surface area contributed by atoms with E-state index in [0.29, 0.717) is 5.82 Å². The van der Waals surface area contributed by atoms with Gasteiger partial charge in [0.05, 0.1) is 12.2 Å². The van der Waals surface area contributed by atoms with Crippen molar-refractivity contribution in [2.45, 2.75) is 44.9 Å². The Balaban J connectivity index is 1.54. The minimum Gasteiger partial charge on any atom is -0.309 e. The van der Waals surface area contributed by atoms with E-state index >= 15 is 0 Å². The van der Waals surface area contributed by atoms with Crippen LogP contribution in [-0.2, 0) is 23.9 Å². The highest BCUT2D eigenvalue weighted by Crippen LogP contribution is 2.35. The van der Waals surface area contributed by atoms with E-state index in [4.69, 9.17) is 0 Å². The van der Waals surface area contributed by atoms with Crippen LogP contribution < -0.4 is 5.32 Å². The van der Waals surface area contributed by atoms with Gasteiger partial charge in [0.2, 0.25) is 5.91 Å². The van der Waals surface area contributed by atoms with Gasteiger partial charge >= 0.3 is 6.18 Å². The van der Waals surface area contributed by atoms with Crippen LogP contribution in [0.15, 0.2) is 42.7 Å². The van der Waals surface area contributed by atoms with Crippen molar-refractivity contribution in [3.8, 4) is 0 Å². The molecular formula is C20H20F3N5O. The first-order chi connectivity index (χ1) is 13.8. The molecule has 4 rings (SSSR count). The number of fused-ring (bicyclic) bond motifs is 1. The first kappa shape index (κ1) is 19.2. The van der Waals surface area contributed by atoms with Crippen molar-refractivity contribution in [3.05, 3.63) is 65.1 Å². The monoisotopic (exact) mass is 403 g/mol. The topological polar surface area (TPSA) is 64.7 Å². The number of aromatic nitrogens is 4. The van der Waals surface area contributed by atoms with Crippen LogP contribution in [0, 0.1) is 6.92 Å². The number of carbonyl (C=O) groups excluding carboxylic acids is 1. The molecule has 0 aliphatic heterocycles. The van der Waals surface area contributed by atoms with Gasteiger partial charge < -0.3 is 5.32 Å². The van der Waals surface area contributed by atoms with Gasteiger partial charge in [0.25, 0.3) is 0 Å². The van der Waals surface area contributed by atoms with Crippen LogP contribution in [0.5, 0.6) is 0 Å². The van der Waals surface area contributed by atoms with Crippen LogP contribution in [0.3, 0.4) is 0 Å². The lowest BCUT2D eigenvalue weighted by Crippen LogP contribution is -2.25. The summed E-state index contributed by atoms with van der Waals surface area (Å²) in [6.07, 6.45) is 1.21. The molecule has 0 saturated carbocycles. The van der Waals surface area contributed by atoms with E-state index in [1.54, 1.807) is 10.9 Å². The van der Waals surface area contributed by atoms with E-state index in [0.717, 1.165) is 41.8 Å². The highest BCUT2D eigenvalue weighted by Gasteiger charge is 2.33. The number of nitrogens with zero attached hydrogens (tertiary/aromatic N) is 4. The van der Waals surface area contributed by atoms with E-state index in [-0.39, 0.29) is 12.6 Å². The molecule has 0 bridgehead atoms. The van der Waals surface area contributed by atoms with Gasteiger partial charge in [-0.25, -0.2) is 4.68 Å². The largest absolute Gasteiger partial charge is 0.435 e. The molecule has 0 radical (unpaired) electrons. The summed E-state index contributed by atoms with van der Waals surface area (Å²) in [5.74, 6) is 0.0932. The molecule has 1 aliphatic rings. The number of amides is 1. The van der Waals surface area contributed by atoms with E-state index < -0.39 is 17.8 Å². The number of hydrogen-bond donors (Lipinski definition) is 1.